The molecule has 2 aromatic carbocycles. The van der Waals surface area contributed by atoms with Crippen LogP contribution in [0.1, 0.15) is 15.9 Å². The standard InChI is InChI=1S/C19H14N4O3/c24-18-16(19(25)26)9-14-3-1-2-4-17(14)23(18)15-7-5-13(6-8-15)10-22-12-20-11-21-22/h1-9,11-12H,10H2,(H,25,26). The predicted octanol–water partition coefficient (Wildman–Crippen LogP) is 2.33. The van der Waals surface area contributed by atoms with Crippen molar-refractivity contribution in [1.82, 2.24) is 19.3 Å². The van der Waals surface area contributed by atoms with Gasteiger partial charge >= 0.3 is 5.97 Å². The van der Waals surface area contributed by atoms with Crippen LogP contribution in [-0.2, 0) is 6.54 Å². The largest absolute Gasteiger partial charge is 0.477 e. The fraction of sp³-hybridized carbons (Fsp3) is 0.0526. The van der Waals surface area contributed by atoms with Gasteiger partial charge in [0, 0.05) is 5.69 Å². The van der Waals surface area contributed by atoms with Crippen molar-refractivity contribution < 1.29 is 9.90 Å². The summed E-state index contributed by atoms with van der Waals surface area (Å²) in [6.45, 7) is 0.561. The van der Waals surface area contributed by atoms with Crippen molar-refractivity contribution in [3.8, 4) is 5.69 Å². The third kappa shape index (κ3) is 2.75. The van der Waals surface area contributed by atoms with E-state index in [1.54, 1.807) is 35.3 Å². The number of nitrogens with zero attached hydrogens (tertiary/aromatic N) is 4. The number of rotatable bonds is 4. The van der Waals surface area contributed by atoms with Crippen molar-refractivity contribution in [3.63, 3.8) is 0 Å². The molecule has 7 heteroatoms. The molecule has 0 aliphatic carbocycles. The molecule has 2 heterocycles. The number of carboxylic acids is 1. The Morgan fingerprint density at radius 3 is 2.54 bits per heavy atom. The summed E-state index contributed by atoms with van der Waals surface area (Å²) in [5.74, 6) is -1.24. The van der Waals surface area contributed by atoms with E-state index in [0.29, 0.717) is 23.1 Å². The van der Waals surface area contributed by atoms with E-state index in [0.717, 1.165) is 5.56 Å². The van der Waals surface area contributed by atoms with Crippen LogP contribution >= 0.6 is 0 Å². The molecular formula is C19H14N4O3. The number of benzene rings is 2. The predicted molar refractivity (Wildman–Crippen MR) is 95.6 cm³/mol. The van der Waals surface area contributed by atoms with Gasteiger partial charge in [0.15, 0.2) is 0 Å². The Bertz CT molecular complexity index is 1150. The Kier molecular flexibility index (Phi) is 3.81. The molecule has 26 heavy (non-hydrogen) atoms. The maximum atomic E-state index is 12.7. The molecular weight excluding hydrogens is 332 g/mol. The first-order valence-electron chi connectivity index (χ1n) is 7.93. The average Bonchev–Trinajstić information content (AvgIpc) is 3.15. The van der Waals surface area contributed by atoms with Crippen LogP contribution in [0.5, 0.6) is 0 Å². The molecule has 128 valence electrons. The van der Waals surface area contributed by atoms with Crippen molar-refractivity contribution in [2.45, 2.75) is 6.54 Å². The van der Waals surface area contributed by atoms with Crippen LogP contribution in [0.2, 0.25) is 0 Å². The van der Waals surface area contributed by atoms with Crippen LogP contribution in [-0.4, -0.2) is 30.4 Å². The normalized spacial score (nSPS) is 10.9. The number of para-hydroxylation sites is 1. The van der Waals surface area contributed by atoms with Gasteiger partial charge in [-0.1, -0.05) is 30.3 Å². The molecule has 0 aliphatic heterocycles. The molecule has 7 nitrogen and oxygen atoms in total. The van der Waals surface area contributed by atoms with Crippen molar-refractivity contribution >= 4 is 16.9 Å². The number of fused-ring (bicyclic) bond motifs is 1. The second-order valence-corrected chi connectivity index (χ2v) is 5.82. The first kappa shape index (κ1) is 15.8. The Morgan fingerprint density at radius 2 is 1.85 bits per heavy atom. The summed E-state index contributed by atoms with van der Waals surface area (Å²) in [4.78, 5) is 28.1. The Hall–Kier alpha value is -3.74. The van der Waals surface area contributed by atoms with Crippen LogP contribution < -0.4 is 5.56 Å². The molecule has 2 aromatic heterocycles. The average molecular weight is 346 g/mol. The zero-order valence-corrected chi connectivity index (χ0v) is 13.6. The number of pyridine rings is 1. The van der Waals surface area contributed by atoms with E-state index in [2.05, 4.69) is 10.1 Å². The number of aromatic nitrogens is 4. The summed E-state index contributed by atoms with van der Waals surface area (Å²) in [6.07, 6.45) is 3.10. The zero-order valence-electron chi connectivity index (χ0n) is 13.6. The lowest BCUT2D eigenvalue weighted by Crippen LogP contribution is -2.25. The van der Waals surface area contributed by atoms with Gasteiger partial charge in [0.2, 0.25) is 0 Å². The van der Waals surface area contributed by atoms with Gasteiger partial charge in [-0.05, 0) is 35.2 Å². The monoisotopic (exact) mass is 346 g/mol. The quantitative estimate of drug-likeness (QED) is 0.612. The van der Waals surface area contributed by atoms with E-state index >= 15 is 0 Å². The minimum absolute atomic E-state index is 0.254. The second kappa shape index (κ2) is 6.29. The van der Waals surface area contributed by atoms with E-state index in [-0.39, 0.29) is 5.56 Å². The SMILES string of the molecule is O=C(O)c1cc2ccccc2n(-c2ccc(Cn3cncn3)cc2)c1=O. The number of hydrogen-bond donors (Lipinski definition) is 1. The van der Waals surface area contributed by atoms with E-state index in [1.807, 2.05) is 24.3 Å². The summed E-state index contributed by atoms with van der Waals surface area (Å²) in [7, 11) is 0. The first-order chi connectivity index (χ1) is 12.6. The third-order valence-corrected chi connectivity index (χ3v) is 4.15. The van der Waals surface area contributed by atoms with Crippen molar-refractivity contribution in [1.29, 1.82) is 0 Å². The number of carboxylic acid groups (broad SMARTS) is 1. The highest BCUT2D eigenvalue weighted by atomic mass is 16.4. The first-order valence-corrected chi connectivity index (χ1v) is 7.93. The fourth-order valence-corrected chi connectivity index (χ4v) is 2.92. The highest BCUT2D eigenvalue weighted by Gasteiger charge is 2.15. The molecule has 0 unspecified atom stereocenters. The summed E-state index contributed by atoms with van der Waals surface area (Å²) < 4.78 is 3.12. The molecule has 0 saturated heterocycles. The fourth-order valence-electron chi connectivity index (χ4n) is 2.92. The van der Waals surface area contributed by atoms with Gasteiger partial charge < -0.3 is 5.11 Å². The maximum absolute atomic E-state index is 12.7. The van der Waals surface area contributed by atoms with Gasteiger partial charge in [-0.15, -0.1) is 0 Å². The lowest BCUT2D eigenvalue weighted by molar-refractivity contribution is 0.0695. The van der Waals surface area contributed by atoms with Gasteiger partial charge in [-0.2, -0.15) is 5.10 Å². The van der Waals surface area contributed by atoms with Crippen molar-refractivity contribution in [3.05, 3.63) is 88.7 Å². The van der Waals surface area contributed by atoms with Crippen LogP contribution in [0.3, 0.4) is 0 Å². The zero-order chi connectivity index (χ0) is 18.1. The molecule has 4 rings (SSSR count). The highest BCUT2D eigenvalue weighted by molar-refractivity contribution is 5.93. The molecule has 1 N–H and O–H groups in total. The van der Waals surface area contributed by atoms with E-state index < -0.39 is 11.5 Å². The molecule has 0 bridgehead atoms. The molecule has 0 atom stereocenters. The number of carbonyl (C=O) groups is 1. The van der Waals surface area contributed by atoms with Gasteiger partial charge in [0.05, 0.1) is 12.1 Å². The molecule has 0 fully saturated rings. The van der Waals surface area contributed by atoms with E-state index in [1.165, 1.54) is 17.0 Å². The van der Waals surface area contributed by atoms with Crippen molar-refractivity contribution in [2.24, 2.45) is 0 Å². The van der Waals surface area contributed by atoms with Crippen molar-refractivity contribution in [2.75, 3.05) is 0 Å². The summed E-state index contributed by atoms with van der Waals surface area (Å²) in [5.41, 5.74) is 1.45. The molecule has 0 aliphatic rings. The Labute approximate surface area is 147 Å². The third-order valence-electron chi connectivity index (χ3n) is 4.15. The van der Waals surface area contributed by atoms with E-state index in [4.69, 9.17) is 0 Å². The van der Waals surface area contributed by atoms with Gasteiger partial charge in [-0.3, -0.25) is 9.36 Å². The molecule has 0 spiro atoms. The van der Waals surface area contributed by atoms with Gasteiger partial charge in [0.25, 0.3) is 5.56 Å². The summed E-state index contributed by atoms with van der Waals surface area (Å²) in [6, 6.07) is 16.0. The Morgan fingerprint density at radius 1 is 1.08 bits per heavy atom. The van der Waals surface area contributed by atoms with Gasteiger partial charge in [-0.25, -0.2) is 14.5 Å². The van der Waals surface area contributed by atoms with Crippen LogP contribution in [0.25, 0.3) is 16.6 Å². The molecule has 4 aromatic rings. The summed E-state index contributed by atoms with van der Waals surface area (Å²) in [5, 5.41) is 14.1. The minimum Gasteiger partial charge on any atom is -0.477 e. The Balaban J connectivity index is 1.84. The highest BCUT2D eigenvalue weighted by Crippen LogP contribution is 2.18. The topological polar surface area (TPSA) is 90.0 Å². The smallest absolute Gasteiger partial charge is 0.341 e. The lowest BCUT2D eigenvalue weighted by atomic mass is 10.1. The minimum atomic E-state index is -1.24. The van der Waals surface area contributed by atoms with Crippen LogP contribution in [0, 0.1) is 0 Å². The number of aromatic carboxylic acids is 1. The lowest BCUT2D eigenvalue weighted by Gasteiger charge is -2.12. The van der Waals surface area contributed by atoms with Crippen LogP contribution in [0.4, 0.5) is 0 Å². The molecule has 0 amide bonds. The molecule has 0 radical (unpaired) electrons. The molecule has 0 saturated carbocycles. The summed E-state index contributed by atoms with van der Waals surface area (Å²) >= 11 is 0. The number of hydrogen-bond acceptors (Lipinski definition) is 4. The maximum Gasteiger partial charge on any atom is 0.341 e. The van der Waals surface area contributed by atoms with E-state index in [9.17, 15) is 14.7 Å². The van der Waals surface area contributed by atoms with Crippen LogP contribution in [0.15, 0.2) is 72.0 Å². The second-order valence-electron chi connectivity index (χ2n) is 5.82. The van der Waals surface area contributed by atoms with Gasteiger partial charge in [0.1, 0.15) is 18.2 Å².